The molecule has 0 rings (SSSR count). The van der Waals surface area contributed by atoms with Gasteiger partial charge in [0.25, 0.3) is 0 Å². The van der Waals surface area contributed by atoms with Crippen LogP contribution in [-0.4, -0.2) is 25.8 Å². The molecule has 0 bridgehead atoms. The summed E-state index contributed by atoms with van der Waals surface area (Å²) in [5.41, 5.74) is 5.28. The van der Waals surface area contributed by atoms with Crippen LogP contribution in [0.5, 0.6) is 0 Å². The lowest BCUT2D eigenvalue weighted by molar-refractivity contribution is -0.145. The summed E-state index contributed by atoms with van der Waals surface area (Å²) in [5, 5.41) is 2.77. The molecular formula is C5H12N2O2. The van der Waals surface area contributed by atoms with Gasteiger partial charge in [-0.25, -0.2) is 0 Å². The summed E-state index contributed by atoms with van der Waals surface area (Å²) in [6.07, 6.45) is -0.521. The number of carbonyl (C=O) groups is 1. The van der Waals surface area contributed by atoms with Gasteiger partial charge in [-0.1, -0.05) is 0 Å². The van der Waals surface area contributed by atoms with Crippen molar-refractivity contribution in [3.05, 3.63) is 0 Å². The van der Waals surface area contributed by atoms with Gasteiger partial charge < -0.3 is 10.1 Å². The van der Waals surface area contributed by atoms with Gasteiger partial charge >= 0.3 is 5.97 Å². The summed E-state index contributed by atoms with van der Waals surface area (Å²) in [4.78, 5) is 10.2. The number of hydrogen-bond acceptors (Lipinski definition) is 4. The third kappa shape index (κ3) is 5.26. The second-order valence-electron chi connectivity index (χ2n) is 1.71. The van der Waals surface area contributed by atoms with Crippen LogP contribution in [0.2, 0.25) is 0 Å². The van der Waals surface area contributed by atoms with E-state index in [1.54, 1.807) is 7.05 Å². The maximum absolute atomic E-state index is 10.2. The summed E-state index contributed by atoms with van der Waals surface area (Å²) in [5.74, 6) is -0.349. The molecule has 4 nitrogen and oxygen atoms in total. The first-order valence-corrected chi connectivity index (χ1v) is 2.74. The highest BCUT2D eigenvalue weighted by molar-refractivity contribution is 5.66. The van der Waals surface area contributed by atoms with Crippen molar-refractivity contribution in [2.45, 2.75) is 13.2 Å². The molecule has 0 heterocycles. The Balaban J connectivity index is 3.26. The maximum Gasteiger partial charge on any atom is 0.304 e. The lowest BCUT2D eigenvalue weighted by atomic mass is 10.6. The van der Waals surface area contributed by atoms with Crippen LogP contribution < -0.4 is 11.1 Å². The standard InChI is InChI=1S/C5H12N2O2/c1-4(8)9-5(6)3-7-2/h5,7H,3,6H2,1-2H3. The highest BCUT2D eigenvalue weighted by Crippen LogP contribution is 1.80. The zero-order chi connectivity index (χ0) is 7.28. The van der Waals surface area contributed by atoms with Gasteiger partial charge in [0, 0.05) is 13.5 Å². The first kappa shape index (κ1) is 8.39. The van der Waals surface area contributed by atoms with Gasteiger partial charge in [0.15, 0.2) is 6.23 Å². The minimum absolute atomic E-state index is 0.349. The Bertz CT molecular complexity index is 95.0. The van der Waals surface area contributed by atoms with Crippen LogP contribution in [0.4, 0.5) is 0 Å². The fourth-order valence-electron chi connectivity index (χ4n) is 0.456. The molecular weight excluding hydrogens is 120 g/mol. The van der Waals surface area contributed by atoms with Crippen LogP contribution in [0, 0.1) is 0 Å². The van der Waals surface area contributed by atoms with E-state index >= 15 is 0 Å². The number of ether oxygens (including phenoxy) is 1. The monoisotopic (exact) mass is 132 g/mol. The lowest BCUT2D eigenvalue weighted by Gasteiger charge is -2.09. The van der Waals surface area contributed by atoms with Crippen molar-refractivity contribution in [1.29, 1.82) is 0 Å². The third-order valence-corrected chi connectivity index (χ3v) is 0.723. The molecule has 0 radical (unpaired) electrons. The van der Waals surface area contributed by atoms with Crippen molar-refractivity contribution in [3.8, 4) is 0 Å². The van der Waals surface area contributed by atoms with E-state index in [-0.39, 0.29) is 5.97 Å². The maximum atomic E-state index is 10.2. The number of likely N-dealkylation sites (N-methyl/N-ethyl adjacent to an activating group) is 1. The van der Waals surface area contributed by atoms with E-state index in [1.165, 1.54) is 6.92 Å². The molecule has 0 aromatic heterocycles. The fourth-order valence-corrected chi connectivity index (χ4v) is 0.456. The molecule has 3 N–H and O–H groups in total. The van der Waals surface area contributed by atoms with Crippen LogP contribution >= 0.6 is 0 Å². The third-order valence-electron chi connectivity index (χ3n) is 0.723. The second-order valence-corrected chi connectivity index (χ2v) is 1.71. The quantitative estimate of drug-likeness (QED) is 0.384. The molecule has 0 saturated carbocycles. The van der Waals surface area contributed by atoms with Crippen LogP contribution in [0.15, 0.2) is 0 Å². The number of nitrogens with one attached hydrogen (secondary N) is 1. The molecule has 0 aliphatic heterocycles. The SMILES string of the molecule is CNCC(N)OC(C)=O. The van der Waals surface area contributed by atoms with Gasteiger partial charge in [0.1, 0.15) is 0 Å². The average molecular weight is 132 g/mol. The molecule has 4 heteroatoms. The van der Waals surface area contributed by atoms with Gasteiger partial charge in [-0.15, -0.1) is 0 Å². The molecule has 1 unspecified atom stereocenters. The Morgan fingerprint density at radius 2 is 2.44 bits per heavy atom. The minimum Gasteiger partial charge on any atom is -0.446 e. The predicted octanol–water partition coefficient (Wildman–Crippen LogP) is -0.946. The van der Waals surface area contributed by atoms with Crippen molar-refractivity contribution in [1.82, 2.24) is 5.32 Å². The van der Waals surface area contributed by atoms with Gasteiger partial charge in [0.05, 0.1) is 0 Å². The van der Waals surface area contributed by atoms with Crippen molar-refractivity contribution in [3.63, 3.8) is 0 Å². The molecule has 0 fully saturated rings. The molecule has 0 aromatic carbocycles. The number of esters is 1. The summed E-state index contributed by atoms with van der Waals surface area (Å²) >= 11 is 0. The van der Waals surface area contributed by atoms with Crippen molar-refractivity contribution >= 4 is 5.97 Å². The molecule has 0 aromatic rings. The Morgan fingerprint density at radius 1 is 1.89 bits per heavy atom. The van der Waals surface area contributed by atoms with E-state index < -0.39 is 6.23 Å². The molecule has 54 valence electrons. The second kappa shape index (κ2) is 4.29. The highest BCUT2D eigenvalue weighted by Gasteiger charge is 2.01. The summed E-state index contributed by atoms with van der Waals surface area (Å²) in [7, 11) is 1.74. The lowest BCUT2D eigenvalue weighted by Crippen LogP contribution is -2.35. The van der Waals surface area contributed by atoms with Gasteiger partial charge in [-0.3, -0.25) is 10.5 Å². The summed E-state index contributed by atoms with van der Waals surface area (Å²) in [6, 6.07) is 0. The largest absolute Gasteiger partial charge is 0.446 e. The number of hydrogen-bond donors (Lipinski definition) is 2. The Hall–Kier alpha value is -0.610. The number of rotatable bonds is 3. The molecule has 0 spiro atoms. The zero-order valence-corrected chi connectivity index (χ0v) is 5.68. The van der Waals surface area contributed by atoms with Crippen molar-refractivity contribution in [2.75, 3.05) is 13.6 Å². The molecule has 0 aliphatic rings. The normalized spacial score (nSPS) is 12.8. The van der Waals surface area contributed by atoms with Gasteiger partial charge in [-0.2, -0.15) is 0 Å². The Labute approximate surface area is 54.4 Å². The van der Waals surface area contributed by atoms with Crippen molar-refractivity contribution < 1.29 is 9.53 Å². The fraction of sp³-hybridized carbons (Fsp3) is 0.800. The van der Waals surface area contributed by atoms with Crippen LogP contribution in [0.25, 0.3) is 0 Å². The minimum atomic E-state index is -0.521. The Morgan fingerprint density at radius 3 is 2.78 bits per heavy atom. The van der Waals surface area contributed by atoms with E-state index in [0.717, 1.165) is 0 Å². The molecule has 0 aliphatic carbocycles. The first-order chi connectivity index (χ1) is 4.16. The molecule has 0 saturated heterocycles. The van der Waals surface area contributed by atoms with E-state index in [1.807, 2.05) is 0 Å². The summed E-state index contributed by atoms with van der Waals surface area (Å²) < 4.78 is 4.57. The van der Waals surface area contributed by atoms with E-state index in [9.17, 15) is 4.79 Å². The smallest absolute Gasteiger partial charge is 0.304 e. The van der Waals surface area contributed by atoms with E-state index in [4.69, 9.17) is 5.73 Å². The van der Waals surface area contributed by atoms with E-state index in [2.05, 4.69) is 10.1 Å². The predicted molar refractivity (Wildman–Crippen MR) is 33.7 cm³/mol. The van der Waals surface area contributed by atoms with Gasteiger partial charge in [0.2, 0.25) is 0 Å². The number of nitrogens with two attached hydrogens (primary N) is 1. The zero-order valence-electron chi connectivity index (χ0n) is 5.68. The van der Waals surface area contributed by atoms with Crippen LogP contribution in [-0.2, 0) is 9.53 Å². The topological polar surface area (TPSA) is 64.3 Å². The molecule has 0 amide bonds. The van der Waals surface area contributed by atoms with E-state index in [0.29, 0.717) is 6.54 Å². The number of carbonyl (C=O) groups excluding carboxylic acids is 1. The average Bonchev–Trinajstić information content (AvgIpc) is 1.63. The first-order valence-electron chi connectivity index (χ1n) is 2.74. The summed E-state index contributed by atoms with van der Waals surface area (Å²) in [6.45, 7) is 1.81. The molecule has 9 heavy (non-hydrogen) atoms. The molecule has 1 atom stereocenters. The van der Waals surface area contributed by atoms with Crippen LogP contribution in [0.3, 0.4) is 0 Å². The Kier molecular flexibility index (Phi) is 4.00. The highest BCUT2D eigenvalue weighted by atomic mass is 16.6. The van der Waals surface area contributed by atoms with Crippen LogP contribution in [0.1, 0.15) is 6.92 Å². The van der Waals surface area contributed by atoms with Crippen molar-refractivity contribution in [2.24, 2.45) is 5.73 Å². The van der Waals surface area contributed by atoms with Gasteiger partial charge in [-0.05, 0) is 7.05 Å².